The van der Waals surface area contributed by atoms with E-state index < -0.39 is 16.1 Å². The number of nitrogens with zero attached hydrogens (tertiary/aromatic N) is 4. The molecular formula is C25H32N4O4S. The van der Waals surface area contributed by atoms with E-state index in [9.17, 15) is 13.5 Å². The Bertz CT molecular complexity index is 1160. The number of sulfonamides is 1. The Morgan fingerprint density at radius 1 is 1.29 bits per heavy atom. The number of aliphatic hydroxyl groups excluding tert-OH is 1. The van der Waals surface area contributed by atoms with Gasteiger partial charge in [-0.25, -0.2) is 18.4 Å². The molecular weight excluding hydrogens is 452 g/mol. The lowest BCUT2D eigenvalue weighted by Gasteiger charge is -2.37. The topological polar surface area (TPSA) is 95.9 Å². The maximum atomic E-state index is 13.6. The molecule has 182 valence electrons. The molecule has 4 rings (SSSR count). The molecule has 34 heavy (non-hydrogen) atoms. The van der Waals surface area contributed by atoms with E-state index in [1.807, 2.05) is 14.0 Å². The van der Waals surface area contributed by atoms with Gasteiger partial charge in [-0.05, 0) is 45.0 Å². The lowest BCUT2D eigenvalue weighted by Crippen LogP contribution is -2.49. The van der Waals surface area contributed by atoms with Crippen molar-refractivity contribution in [2.75, 3.05) is 26.7 Å². The second kappa shape index (κ2) is 10.4. The minimum absolute atomic E-state index is 0.112. The minimum atomic E-state index is -3.85. The number of ether oxygens (including phenoxy) is 1. The van der Waals surface area contributed by atoms with Gasteiger partial charge in [-0.1, -0.05) is 18.8 Å². The SMILES string of the molecule is C[C@@H]1CN([C@@H](C)CO)S(=O)(=O)c2ccc(C#CC3CC3)cc2O[C@@H]1CN(C)Cc1cncnc1. The molecule has 2 aromatic rings. The lowest BCUT2D eigenvalue weighted by molar-refractivity contribution is 0.0733. The zero-order chi connectivity index (χ0) is 24.3. The summed E-state index contributed by atoms with van der Waals surface area (Å²) in [6.07, 6.45) is 7.03. The van der Waals surface area contributed by atoms with Gasteiger partial charge in [0.15, 0.2) is 0 Å². The number of aliphatic hydroxyl groups is 1. The van der Waals surface area contributed by atoms with Gasteiger partial charge in [0.05, 0.1) is 6.61 Å². The van der Waals surface area contributed by atoms with E-state index in [0.29, 0.717) is 24.8 Å². The van der Waals surface area contributed by atoms with Gasteiger partial charge in [0, 0.05) is 61.0 Å². The van der Waals surface area contributed by atoms with E-state index in [1.54, 1.807) is 37.5 Å². The zero-order valence-electron chi connectivity index (χ0n) is 19.9. The normalized spacial score (nSPS) is 23.1. The molecule has 1 N–H and O–H groups in total. The smallest absolute Gasteiger partial charge is 0.247 e. The van der Waals surface area contributed by atoms with Crippen molar-refractivity contribution in [3.8, 4) is 17.6 Å². The highest BCUT2D eigenvalue weighted by Gasteiger charge is 2.38. The molecule has 1 aliphatic heterocycles. The average molecular weight is 485 g/mol. The monoisotopic (exact) mass is 484 g/mol. The number of likely N-dealkylation sites (N-methyl/N-ethyl adjacent to an activating group) is 1. The minimum Gasteiger partial charge on any atom is -0.487 e. The third kappa shape index (κ3) is 5.76. The summed E-state index contributed by atoms with van der Waals surface area (Å²) in [4.78, 5) is 10.4. The first-order valence-electron chi connectivity index (χ1n) is 11.6. The molecule has 0 bridgehead atoms. The summed E-state index contributed by atoms with van der Waals surface area (Å²) in [5.41, 5.74) is 1.73. The molecule has 0 spiro atoms. The van der Waals surface area contributed by atoms with Crippen LogP contribution in [0.1, 0.15) is 37.8 Å². The largest absolute Gasteiger partial charge is 0.487 e. The van der Waals surface area contributed by atoms with Crippen molar-refractivity contribution in [1.29, 1.82) is 0 Å². The molecule has 2 aliphatic rings. The van der Waals surface area contributed by atoms with Crippen LogP contribution in [0.4, 0.5) is 0 Å². The summed E-state index contributed by atoms with van der Waals surface area (Å²) in [5.74, 6) is 7.02. The fourth-order valence-electron chi connectivity index (χ4n) is 4.03. The zero-order valence-corrected chi connectivity index (χ0v) is 20.7. The summed E-state index contributed by atoms with van der Waals surface area (Å²) < 4.78 is 34.9. The van der Waals surface area contributed by atoms with Crippen LogP contribution in [0.2, 0.25) is 0 Å². The highest BCUT2D eigenvalue weighted by molar-refractivity contribution is 7.89. The van der Waals surface area contributed by atoms with E-state index in [-0.39, 0.29) is 30.1 Å². The van der Waals surface area contributed by atoms with Gasteiger partial charge in [-0.3, -0.25) is 4.90 Å². The van der Waals surface area contributed by atoms with Gasteiger partial charge in [0.2, 0.25) is 10.0 Å². The van der Waals surface area contributed by atoms with Crippen molar-refractivity contribution in [3.63, 3.8) is 0 Å². The van der Waals surface area contributed by atoms with E-state index in [2.05, 4.69) is 26.7 Å². The summed E-state index contributed by atoms with van der Waals surface area (Å²) in [6.45, 7) is 4.92. The van der Waals surface area contributed by atoms with E-state index >= 15 is 0 Å². The Morgan fingerprint density at radius 3 is 2.71 bits per heavy atom. The van der Waals surface area contributed by atoms with Crippen molar-refractivity contribution in [1.82, 2.24) is 19.2 Å². The number of aromatic nitrogens is 2. The van der Waals surface area contributed by atoms with Crippen LogP contribution >= 0.6 is 0 Å². The number of rotatable bonds is 6. The summed E-state index contributed by atoms with van der Waals surface area (Å²) >= 11 is 0. The van der Waals surface area contributed by atoms with Crippen LogP contribution in [-0.4, -0.2) is 71.6 Å². The Balaban J connectivity index is 1.66. The van der Waals surface area contributed by atoms with Gasteiger partial charge in [-0.15, -0.1) is 0 Å². The van der Waals surface area contributed by atoms with Crippen molar-refractivity contribution >= 4 is 10.0 Å². The highest BCUT2D eigenvalue weighted by atomic mass is 32.2. The predicted molar refractivity (Wildman–Crippen MR) is 128 cm³/mol. The van der Waals surface area contributed by atoms with Gasteiger partial charge in [-0.2, -0.15) is 4.31 Å². The molecule has 0 amide bonds. The highest BCUT2D eigenvalue weighted by Crippen LogP contribution is 2.34. The molecule has 1 saturated carbocycles. The molecule has 9 heteroatoms. The second-order valence-corrected chi connectivity index (χ2v) is 11.2. The molecule has 1 fully saturated rings. The van der Waals surface area contributed by atoms with Crippen molar-refractivity contribution in [3.05, 3.63) is 48.0 Å². The Hall–Kier alpha value is -2.51. The number of hydrogen-bond acceptors (Lipinski definition) is 7. The van der Waals surface area contributed by atoms with Crippen LogP contribution in [0.25, 0.3) is 0 Å². The van der Waals surface area contributed by atoms with Crippen molar-refractivity contribution in [2.24, 2.45) is 11.8 Å². The van der Waals surface area contributed by atoms with E-state index in [1.165, 1.54) is 10.6 Å². The fourth-order valence-corrected chi connectivity index (χ4v) is 5.86. The Kier molecular flexibility index (Phi) is 7.53. The molecule has 0 saturated heterocycles. The maximum absolute atomic E-state index is 13.6. The summed E-state index contributed by atoms with van der Waals surface area (Å²) in [5, 5.41) is 9.79. The first-order valence-corrected chi connectivity index (χ1v) is 13.1. The average Bonchev–Trinajstić information content (AvgIpc) is 3.64. The molecule has 0 unspecified atom stereocenters. The summed E-state index contributed by atoms with van der Waals surface area (Å²) in [7, 11) is -1.86. The summed E-state index contributed by atoms with van der Waals surface area (Å²) in [6, 6.07) is 4.50. The molecule has 3 atom stereocenters. The van der Waals surface area contributed by atoms with Crippen LogP contribution in [0.5, 0.6) is 5.75 Å². The molecule has 1 aromatic carbocycles. The fraction of sp³-hybridized carbons (Fsp3) is 0.520. The van der Waals surface area contributed by atoms with Crippen LogP contribution in [-0.2, 0) is 16.6 Å². The van der Waals surface area contributed by atoms with Gasteiger partial charge < -0.3 is 9.84 Å². The first-order chi connectivity index (χ1) is 16.3. The first kappa shape index (κ1) is 24.6. The van der Waals surface area contributed by atoms with Gasteiger partial charge >= 0.3 is 0 Å². The van der Waals surface area contributed by atoms with Crippen molar-refractivity contribution in [2.45, 2.75) is 50.3 Å². The molecule has 0 radical (unpaired) electrons. The van der Waals surface area contributed by atoms with E-state index in [4.69, 9.17) is 4.74 Å². The van der Waals surface area contributed by atoms with Crippen LogP contribution < -0.4 is 4.74 Å². The van der Waals surface area contributed by atoms with Crippen LogP contribution in [0, 0.1) is 23.7 Å². The van der Waals surface area contributed by atoms with Gasteiger partial charge in [0.25, 0.3) is 0 Å². The third-order valence-electron chi connectivity index (χ3n) is 6.22. The molecule has 2 heterocycles. The van der Waals surface area contributed by atoms with Gasteiger partial charge in [0.1, 0.15) is 23.1 Å². The van der Waals surface area contributed by atoms with Crippen molar-refractivity contribution < 1.29 is 18.3 Å². The molecule has 1 aromatic heterocycles. The van der Waals surface area contributed by atoms with Crippen LogP contribution in [0.3, 0.4) is 0 Å². The maximum Gasteiger partial charge on any atom is 0.247 e. The standard InChI is InChI=1S/C25H32N4O4S/c1-18-13-29(19(2)16-30)34(31,32)25-9-8-21(7-6-20-4-5-20)10-23(25)33-24(18)15-28(3)14-22-11-26-17-27-12-22/h8-12,17-20,24,30H,4-5,13-16H2,1-3H3/t18-,19+,24-/m1/s1. The Labute approximate surface area is 202 Å². The molecule has 1 aliphatic carbocycles. The number of benzene rings is 1. The second-order valence-electron chi connectivity index (χ2n) is 9.39. The third-order valence-corrected chi connectivity index (χ3v) is 8.24. The lowest BCUT2D eigenvalue weighted by atomic mass is 10.0. The Morgan fingerprint density at radius 2 is 2.03 bits per heavy atom. The number of fused-ring (bicyclic) bond motifs is 1. The molecule has 8 nitrogen and oxygen atoms in total. The van der Waals surface area contributed by atoms with E-state index in [0.717, 1.165) is 24.0 Å². The number of hydrogen-bond donors (Lipinski definition) is 1. The van der Waals surface area contributed by atoms with Crippen LogP contribution in [0.15, 0.2) is 41.8 Å². The predicted octanol–water partition coefficient (Wildman–Crippen LogP) is 2.14. The quantitative estimate of drug-likeness (QED) is 0.628.